The summed E-state index contributed by atoms with van der Waals surface area (Å²) in [6, 6.07) is 1.82. The lowest BCUT2D eigenvalue weighted by molar-refractivity contribution is -0.123. The molecule has 10 heteroatoms. The lowest BCUT2D eigenvalue weighted by Gasteiger charge is -2.16. The predicted octanol–water partition coefficient (Wildman–Crippen LogP) is -0.511. The van der Waals surface area contributed by atoms with Gasteiger partial charge in [0.1, 0.15) is 0 Å². The number of hydrogen-bond donors (Lipinski definition) is 1. The number of rotatable bonds is 7. The lowest BCUT2D eigenvalue weighted by atomic mass is 10.5. The molecule has 0 aliphatic carbocycles. The van der Waals surface area contributed by atoms with E-state index in [2.05, 4.69) is 30.2 Å². The number of carbonyl (C=O) groups is 1. The normalized spacial score (nSPS) is 10.2. The molecule has 0 aromatic carbocycles. The van der Waals surface area contributed by atoms with E-state index in [1.165, 1.54) is 12.4 Å². The predicted molar refractivity (Wildman–Crippen MR) is 87.9 cm³/mol. The number of ether oxygens (including phenoxy) is 1. The summed E-state index contributed by atoms with van der Waals surface area (Å²) >= 11 is 0. The van der Waals surface area contributed by atoms with E-state index in [9.17, 15) is 4.79 Å². The van der Waals surface area contributed by atoms with E-state index in [4.69, 9.17) is 4.74 Å². The van der Waals surface area contributed by atoms with Crippen molar-refractivity contribution in [3.8, 4) is 6.01 Å². The molecule has 0 unspecified atom stereocenters. The number of anilines is 2. The average Bonchev–Trinajstić information content (AvgIpc) is 2.58. The van der Waals surface area contributed by atoms with Gasteiger partial charge in [0.05, 0.1) is 6.54 Å². The molecular weight excluding hydrogens is 312 g/mol. The molecule has 2 aromatic heterocycles. The van der Waals surface area contributed by atoms with Gasteiger partial charge in [0.15, 0.2) is 12.4 Å². The Balaban J connectivity index is 1.94. The highest BCUT2D eigenvalue weighted by molar-refractivity contribution is 5.77. The highest BCUT2D eigenvalue weighted by atomic mass is 16.5. The third-order valence-corrected chi connectivity index (χ3v) is 2.78. The quantitative estimate of drug-likeness (QED) is 0.716. The van der Waals surface area contributed by atoms with Crippen LogP contribution in [0.5, 0.6) is 6.01 Å². The Kier molecular flexibility index (Phi) is 5.77. The van der Waals surface area contributed by atoms with Crippen LogP contribution in [-0.2, 0) is 11.3 Å². The van der Waals surface area contributed by atoms with Crippen LogP contribution in [0.15, 0.2) is 18.5 Å². The number of carbonyl (C=O) groups excluding carboxylic acids is 1. The molecule has 0 spiro atoms. The summed E-state index contributed by atoms with van der Waals surface area (Å²) in [5, 5.41) is 2.69. The van der Waals surface area contributed by atoms with Crippen LogP contribution < -0.4 is 19.9 Å². The van der Waals surface area contributed by atoms with E-state index < -0.39 is 0 Å². The van der Waals surface area contributed by atoms with Crippen molar-refractivity contribution < 1.29 is 9.53 Å². The maximum absolute atomic E-state index is 11.8. The van der Waals surface area contributed by atoms with Crippen LogP contribution in [0.25, 0.3) is 0 Å². The topological polar surface area (TPSA) is 109 Å². The molecule has 0 aliphatic heterocycles. The van der Waals surface area contributed by atoms with E-state index in [0.717, 1.165) is 0 Å². The fourth-order valence-corrected chi connectivity index (χ4v) is 1.59. The Bertz CT molecular complexity index is 651. The van der Waals surface area contributed by atoms with Gasteiger partial charge in [-0.05, 0) is 6.07 Å². The number of amides is 1. The molecule has 1 amide bonds. The SMILES string of the molecule is CN(C)c1nc(CNC(=O)COc2ncccn2)nc(N(C)C)n1. The molecule has 2 rings (SSSR count). The van der Waals surface area contributed by atoms with Crippen molar-refractivity contribution in [2.24, 2.45) is 0 Å². The van der Waals surface area contributed by atoms with Gasteiger partial charge in [-0.1, -0.05) is 0 Å². The van der Waals surface area contributed by atoms with E-state index in [0.29, 0.717) is 17.7 Å². The van der Waals surface area contributed by atoms with Crippen molar-refractivity contribution >= 4 is 17.8 Å². The van der Waals surface area contributed by atoms with Gasteiger partial charge >= 0.3 is 6.01 Å². The first-order chi connectivity index (χ1) is 11.5. The smallest absolute Gasteiger partial charge is 0.316 e. The second-order valence-electron chi connectivity index (χ2n) is 5.24. The van der Waals surface area contributed by atoms with Crippen molar-refractivity contribution in [1.29, 1.82) is 0 Å². The van der Waals surface area contributed by atoms with Gasteiger partial charge in [-0.2, -0.15) is 15.0 Å². The molecule has 128 valence electrons. The highest BCUT2D eigenvalue weighted by Gasteiger charge is 2.11. The fourth-order valence-electron chi connectivity index (χ4n) is 1.59. The standard InChI is InChI=1S/C14H20N8O2/c1-21(2)12-18-10(19-13(20-12)22(3)4)8-17-11(23)9-24-14-15-6-5-7-16-14/h5-7H,8-9H2,1-4H3,(H,17,23). The zero-order valence-electron chi connectivity index (χ0n) is 14.1. The molecule has 0 aliphatic rings. The molecule has 24 heavy (non-hydrogen) atoms. The van der Waals surface area contributed by atoms with Gasteiger partial charge in [-0.15, -0.1) is 0 Å². The van der Waals surface area contributed by atoms with E-state index in [1.807, 2.05) is 28.2 Å². The van der Waals surface area contributed by atoms with Gasteiger partial charge in [0, 0.05) is 40.6 Å². The number of hydrogen-bond acceptors (Lipinski definition) is 9. The van der Waals surface area contributed by atoms with Crippen LogP contribution in [0.1, 0.15) is 5.82 Å². The van der Waals surface area contributed by atoms with E-state index >= 15 is 0 Å². The summed E-state index contributed by atoms with van der Waals surface area (Å²) in [6.07, 6.45) is 3.08. The molecule has 0 fully saturated rings. The molecular formula is C14H20N8O2. The van der Waals surface area contributed by atoms with Crippen LogP contribution >= 0.6 is 0 Å². The van der Waals surface area contributed by atoms with Gasteiger partial charge in [0.2, 0.25) is 11.9 Å². The van der Waals surface area contributed by atoms with Crippen molar-refractivity contribution in [2.75, 3.05) is 44.6 Å². The minimum atomic E-state index is -0.319. The molecule has 1 N–H and O–H groups in total. The minimum Gasteiger partial charge on any atom is -0.453 e. The molecule has 0 radical (unpaired) electrons. The van der Waals surface area contributed by atoms with Gasteiger partial charge < -0.3 is 19.9 Å². The molecule has 2 aromatic rings. The summed E-state index contributed by atoms with van der Waals surface area (Å²) < 4.78 is 5.18. The summed E-state index contributed by atoms with van der Waals surface area (Å²) in [5.74, 6) is 1.18. The van der Waals surface area contributed by atoms with Crippen LogP contribution in [0.4, 0.5) is 11.9 Å². The molecule has 0 bridgehead atoms. The van der Waals surface area contributed by atoms with Crippen molar-refractivity contribution in [3.05, 3.63) is 24.3 Å². The molecule has 0 saturated heterocycles. The second-order valence-corrected chi connectivity index (χ2v) is 5.24. The summed E-state index contributed by atoms with van der Waals surface area (Å²) in [6.45, 7) is -0.0157. The first-order valence-corrected chi connectivity index (χ1v) is 7.22. The number of nitrogens with one attached hydrogen (secondary N) is 1. The van der Waals surface area contributed by atoms with Gasteiger partial charge in [-0.25, -0.2) is 9.97 Å². The van der Waals surface area contributed by atoms with Gasteiger partial charge in [-0.3, -0.25) is 4.79 Å². The average molecular weight is 332 g/mol. The molecule has 0 atom stereocenters. The van der Waals surface area contributed by atoms with Crippen LogP contribution in [0.3, 0.4) is 0 Å². The number of aromatic nitrogens is 5. The van der Waals surface area contributed by atoms with Crippen molar-refractivity contribution in [3.63, 3.8) is 0 Å². The Labute approximate surface area is 139 Å². The zero-order chi connectivity index (χ0) is 17.5. The second kappa shape index (κ2) is 7.99. The first kappa shape index (κ1) is 17.3. The Morgan fingerprint density at radius 3 is 2.17 bits per heavy atom. The van der Waals surface area contributed by atoms with E-state index in [-0.39, 0.29) is 25.1 Å². The van der Waals surface area contributed by atoms with Crippen LogP contribution in [0, 0.1) is 0 Å². The maximum Gasteiger partial charge on any atom is 0.316 e. The summed E-state index contributed by atoms with van der Waals surface area (Å²) in [7, 11) is 7.35. The third-order valence-electron chi connectivity index (χ3n) is 2.78. The highest BCUT2D eigenvalue weighted by Crippen LogP contribution is 2.10. The van der Waals surface area contributed by atoms with Crippen LogP contribution in [-0.4, -0.2) is 65.6 Å². The van der Waals surface area contributed by atoms with E-state index in [1.54, 1.807) is 15.9 Å². The van der Waals surface area contributed by atoms with Crippen LogP contribution in [0.2, 0.25) is 0 Å². The third kappa shape index (κ3) is 5.00. The molecule has 10 nitrogen and oxygen atoms in total. The Morgan fingerprint density at radius 1 is 1.04 bits per heavy atom. The fraction of sp³-hybridized carbons (Fsp3) is 0.429. The molecule has 0 saturated carbocycles. The van der Waals surface area contributed by atoms with Crippen molar-refractivity contribution in [2.45, 2.75) is 6.54 Å². The Hall–Kier alpha value is -3.04. The maximum atomic E-state index is 11.8. The summed E-state index contributed by atoms with van der Waals surface area (Å²) in [4.78, 5) is 36.1. The van der Waals surface area contributed by atoms with Gasteiger partial charge in [0.25, 0.3) is 5.91 Å². The number of nitrogens with zero attached hydrogens (tertiary/aromatic N) is 7. The zero-order valence-corrected chi connectivity index (χ0v) is 14.1. The van der Waals surface area contributed by atoms with Crippen molar-refractivity contribution in [1.82, 2.24) is 30.2 Å². The molecule has 2 heterocycles. The minimum absolute atomic E-state index is 0.151. The lowest BCUT2D eigenvalue weighted by Crippen LogP contribution is -2.30. The first-order valence-electron chi connectivity index (χ1n) is 7.22. The Morgan fingerprint density at radius 2 is 1.62 bits per heavy atom. The largest absolute Gasteiger partial charge is 0.453 e. The summed E-state index contributed by atoms with van der Waals surface area (Å²) in [5.41, 5.74) is 0. The monoisotopic (exact) mass is 332 g/mol.